The number of halogens is 1. The molecule has 0 aromatic heterocycles. The molecule has 0 aliphatic rings. The first-order chi connectivity index (χ1) is 15.9. The van der Waals surface area contributed by atoms with Crippen molar-refractivity contribution < 1.29 is 9.59 Å². The lowest BCUT2D eigenvalue weighted by molar-refractivity contribution is -0.123. The highest BCUT2D eigenvalue weighted by molar-refractivity contribution is 6.31. The van der Waals surface area contributed by atoms with E-state index in [1.54, 1.807) is 30.5 Å². The Morgan fingerprint density at radius 2 is 1.52 bits per heavy atom. The average molecular weight is 458 g/mol. The Labute approximate surface area is 197 Å². The van der Waals surface area contributed by atoms with Crippen molar-refractivity contribution in [3.63, 3.8) is 0 Å². The van der Waals surface area contributed by atoms with Gasteiger partial charge in [-0.25, -0.2) is 5.43 Å². The number of fused-ring (bicyclic) bond motifs is 2. The van der Waals surface area contributed by atoms with Gasteiger partial charge in [0.05, 0.1) is 6.21 Å². The van der Waals surface area contributed by atoms with Crippen molar-refractivity contribution in [2.24, 2.45) is 11.0 Å². The zero-order valence-electron chi connectivity index (χ0n) is 18.4. The van der Waals surface area contributed by atoms with Crippen LogP contribution in [0.15, 0.2) is 84.0 Å². The van der Waals surface area contributed by atoms with Crippen molar-refractivity contribution in [2.45, 2.75) is 19.9 Å². The standard InChI is InChI=1S/C27H24ClN3O2/c1-17(2)25(30-26(32)20-10-7-11-21(28)15-20)27(33)31-29-16-24-22-12-5-3-8-18(22)14-19-9-4-6-13-23(19)24/h3-17,25H,1-2H3,(H,30,32)(H,31,33). The Bertz CT molecular complexity index is 1310. The molecule has 2 N–H and O–H groups in total. The fraction of sp³-hybridized carbons (Fsp3) is 0.148. The van der Waals surface area contributed by atoms with Gasteiger partial charge in [0.15, 0.2) is 0 Å². The SMILES string of the molecule is CC(C)C(NC(=O)c1cccc(Cl)c1)C(=O)NN=Cc1c2ccccc2cc2ccccc12. The number of amides is 2. The minimum absolute atomic E-state index is 0.137. The highest BCUT2D eigenvalue weighted by Crippen LogP contribution is 2.27. The molecule has 0 radical (unpaired) electrons. The molecule has 1 atom stereocenters. The van der Waals surface area contributed by atoms with Crippen molar-refractivity contribution in [2.75, 3.05) is 0 Å². The van der Waals surface area contributed by atoms with Crippen molar-refractivity contribution in [1.29, 1.82) is 0 Å². The Kier molecular flexibility index (Phi) is 6.71. The Morgan fingerprint density at radius 1 is 0.879 bits per heavy atom. The van der Waals surface area contributed by atoms with Crippen LogP contribution >= 0.6 is 11.6 Å². The largest absolute Gasteiger partial charge is 0.340 e. The highest BCUT2D eigenvalue weighted by atomic mass is 35.5. The summed E-state index contributed by atoms with van der Waals surface area (Å²) < 4.78 is 0. The van der Waals surface area contributed by atoms with E-state index >= 15 is 0 Å². The molecule has 0 saturated heterocycles. The van der Waals surface area contributed by atoms with Crippen LogP contribution in [0, 0.1) is 5.92 Å². The summed E-state index contributed by atoms with van der Waals surface area (Å²) in [6.45, 7) is 3.73. The van der Waals surface area contributed by atoms with Crippen LogP contribution in [-0.2, 0) is 4.79 Å². The van der Waals surface area contributed by atoms with E-state index in [0.717, 1.165) is 27.1 Å². The van der Waals surface area contributed by atoms with Gasteiger partial charge in [0.25, 0.3) is 11.8 Å². The predicted octanol–water partition coefficient (Wildman–Crippen LogP) is 5.55. The van der Waals surface area contributed by atoms with Crippen molar-refractivity contribution in [3.05, 3.63) is 95.0 Å². The Morgan fingerprint density at radius 3 is 2.12 bits per heavy atom. The van der Waals surface area contributed by atoms with Gasteiger partial charge in [-0.3, -0.25) is 9.59 Å². The molecule has 6 heteroatoms. The molecule has 166 valence electrons. The second-order valence-corrected chi connectivity index (χ2v) is 8.61. The third-order valence-corrected chi connectivity index (χ3v) is 5.74. The Balaban J connectivity index is 1.56. The Hall–Kier alpha value is -3.70. The van der Waals surface area contributed by atoms with Gasteiger partial charge >= 0.3 is 0 Å². The van der Waals surface area contributed by atoms with Crippen molar-refractivity contribution in [1.82, 2.24) is 10.7 Å². The topological polar surface area (TPSA) is 70.6 Å². The van der Waals surface area contributed by atoms with Crippen molar-refractivity contribution >= 4 is 51.2 Å². The van der Waals surface area contributed by atoms with E-state index in [9.17, 15) is 9.59 Å². The smallest absolute Gasteiger partial charge is 0.262 e. The monoisotopic (exact) mass is 457 g/mol. The number of benzene rings is 4. The summed E-state index contributed by atoms with van der Waals surface area (Å²) in [5, 5.41) is 11.8. The van der Waals surface area contributed by atoms with E-state index in [1.807, 2.05) is 50.2 Å². The zero-order chi connectivity index (χ0) is 23.4. The molecule has 5 nitrogen and oxygen atoms in total. The third kappa shape index (κ3) is 5.04. The second kappa shape index (κ2) is 9.84. The maximum absolute atomic E-state index is 12.9. The number of rotatable bonds is 6. The lowest BCUT2D eigenvalue weighted by Crippen LogP contribution is -2.48. The molecule has 0 heterocycles. The average Bonchev–Trinajstić information content (AvgIpc) is 2.81. The number of carbonyl (C=O) groups is 2. The summed E-state index contributed by atoms with van der Waals surface area (Å²) in [4.78, 5) is 25.5. The molecule has 4 rings (SSSR count). The van der Waals surface area contributed by atoms with Crippen LogP contribution in [0.1, 0.15) is 29.8 Å². The molecule has 2 amide bonds. The molecule has 4 aromatic rings. The normalized spacial score (nSPS) is 12.4. The van der Waals surface area contributed by atoms with E-state index in [-0.39, 0.29) is 17.7 Å². The van der Waals surface area contributed by atoms with Crippen LogP contribution < -0.4 is 10.7 Å². The number of carbonyl (C=O) groups excluding carboxylic acids is 2. The number of hydrogen-bond acceptors (Lipinski definition) is 3. The first-order valence-electron chi connectivity index (χ1n) is 10.7. The summed E-state index contributed by atoms with van der Waals surface area (Å²) in [6.07, 6.45) is 1.67. The van der Waals surface area contributed by atoms with Crippen molar-refractivity contribution in [3.8, 4) is 0 Å². The minimum atomic E-state index is -0.752. The molecule has 4 aromatic carbocycles. The lowest BCUT2D eigenvalue weighted by atomic mass is 9.97. The molecule has 0 fully saturated rings. The van der Waals surface area contributed by atoms with Crippen LogP contribution in [0.25, 0.3) is 21.5 Å². The summed E-state index contributed by atoms with van der Waals surface area (Å²) in [7, 11) is 0. The van der Waals surface area contributed by atoms with E-state index in [0.29, 0.717) is 10.6 Å². The van der Waals surface area contributed by atoms with Gasteiger partial charge in [-0.15, -0.1) is 0 Å². The molecule has 0 bridgehead atoms. The molecule has 0 spiro atoms. The fourth-order valence-corrected chi connectivity index (χ4v) is 4.00. The number of hydrogen-bond donors (Lipinski definition) is 2. The lowest BCUT2D eigenvalue weighted by Gasteiger charge is -2.20. The van der Waals surface area contributed by atoms with Gasteiger partial charge in [-0.2, -0.15) is 5.10 Å². The number of nitrogens with zero attached hydrogens (tertiary/aromatic N) is 1. The minimum Gasteiger partial charge on any atom is -0.340 e. The molecular weight excluding hydrogens is 434 g/mol. The molecule has 0 aliphatic heterocycles. The van der Waals surface area contributed by atoms with Gasteiger partial charge in [0.1, 0.15) is 6.04 Å². The first kappa shape index (κ1) is 22.5. The molecule has 0 aliphatic carbocycles. The van der Waals surface area contributed by atoms with Crippen LogP contribution in [0.4, 0.5) is 0 Å². The van der Waals surface area contributed by atoms with Crippen LogP contribution in [0.2, 0.25) is 5.02 Å². The summed E-state index contributed by atoms with van der Waals surface area (Å²) >= 11 is 5.98. The van der Waals surface area contributed by atoms with Gasteiger partial charge in [0, 0.05) is 16.1 Å². The van der Waals surface area contributed by atoms with E-state index in [2.05, 4.69) is 34.0 Å². The van der Waals surface area contributed by atoms with Gasteiger partial charge in [-0.05, 0) is 51.7 Å². The summed E-state index contributed by atoms with van der Waals surface area (Å²) in [5.74, 6) is -0.890. The van der Waals surface area contributed by atoms with E-state index in [1.165, 1.54) is 0 Å². The van der Waals surface area contributed by atoms with Gasteiger partial charge in [0.2, 0.25) is 0 Å². The fourth-order valence-electron chi connectivity index (χ4n) is 3.81. The second-order valence-electron chi connectivity index (χ2n) is 8.17. The maximum atomic E-state index is 12.9. The number of hydrazone groups is 1. The third-order valence-electron chi connectivity index (χ3n) is 5.50. The molecule has 1 unspecified atom stereocenters. The number of nitrogens with one attached hydrogen (secondary N) is 2. The maximum Gasteiger partial charge on any atom is 0.262 e. The first-order valence-corrected chi connectivity index (χ1v) is 11.1. The molecule has 33 heavy (non-hydrogen) atoms. The summed E-state index contributed by atoms with van der Waals surface area (Å²) in [5.41, 5.74) is 3.92. The van der Waals surface area contributed by atoms with Gasteiger partial charge in [-0.1, -0.05) is 80.0 Å². The van der Waals surface area contributed by atoms with Crippen LogP contribution in [0.3, 0.4) is 0 Å². The van der Waals surface area contributed by atoms with Crippen LogP contribution in [0.5, 0.6) is 0 Å². The van der Waals surface area contributed by atoms with E-state index in [4.69, 9.17) is 11.6 Å². The quantitative estimate of drug-likeness (QED) is 0.226. The van der Waals surface area contributed by atoms with E-state index < -0.39 is 6.04 Å². The molecule has 0 saturated carbocycles. The zero-order valence-corrected chi connectivity index (χ0v) is 19.1. The highest BCUT2D eigenvalue weighted by Gasteiger charge is 2.24. The predicted molar refractivity (Wildman–Crippen MR) is 135 cm³/mol. The van der Waals surface area contributed by atoms with Crippen LogP contribution in [-0.4, -0.2) is 24.1 Å². The molecular formula is C27H24ClN3O2. The summed E-state index contributed by atoms with van der Waals surface area (Å²) in [6, 6.07) is 24.1. The van der Waals surface area contributed by atoms with Gasteiger partial charge < -0.3 is 5.32 Å².